The van der Waals surface area contributed by atoms with Gasteiger partial charge in [0, 0.05) is 43.6 Å². The van der Waals surface area contributed by atoms with Crippen LogP contribution in [0.2, 0.25) is 0 Å². The highest BCUT2D eigenvalue weighted by molar-refractivity contribution is 6.19. The maximum atomic E-state index is 6.61. The van der Waals surface area contributed by atoms with Gasteiger partial charge in [0.25, 0.3) is 0 Å². The Bertz CT molecular complexity index is 3190. The van der Waals surface area contributed by atoms with Crippen LogP contribution in [0, 0.1) is 0 Å². The maximum absolute atomic E-state index is 6.61. The van der Waals surface area contributed by atoms with E-state index in [9.17, 15) is 0 Å². The summed E-state index contributed by atoms with van der Waals surface area (Å²) in [5, 5.41) is 8.65. The van der Waals surface area contributed by atoms with Crippen molar-refractivity contribution in [2.24, 2.45) is 0 Å². The van der Waals surface area contributed by atoms with E-state index in [1.807, 2.05) is 60.7 Å². The van der Waals surface area contributed by atoms with Gasteiger partial charge < -0.3 is 8.83 Å². The fourth-order valence-corrected chi connectivity index (χ4v) is 7.54. The largest absolute Gasteiger partial charge is 0.456 e. The summed E-state index contributed by atoms with van der Waals surface area (Å²) in [6.45, 7) is 0. The molecule has 5 nitrogen and oxygen atoms in total. The molecule has 242 valence electrons. The van der Waals surface area contributed by atoms with E-state index in [0.717, 1.165) is 82.5 Å². The zero-order chi connectivity index (χ0) is 34.2. The molecule has 0 saturated heterocycles. The van der Waals surface area contributed by atoms with Crippen LogP contribution < -0.4 is 0 Å². The fourth-order valence-electron chi connectivity index (χ4n) is 7.54. The molecule has 0 atom stereocenters. The number of hydrogen-bond acceptors (Lipinski definition) is 5. The van der Waals surface area contributed by atoms with Gasteiger partial charge in [0.15, 0.2) is 17.5 Å². The molecule has 0 fully saturated rings. The van der Waals surface area contributed by atoms with Crippen molar-refractivity contribution in [3.63, 3.8) is 0 Å². The van der Waals surface area contributed by atoms with Gasteiger partial charge in [0.1, 0.15) is 22.3 Å². The van der Waals surface area contributed by atoms with E-state index in [2.05, 4.69) is 103 Å². The summed E-state index contributed by atoms with van der Waals surface area (Å²) in [5.41, 5.74) is 8.29. The Morgan fingerprint density at radius 2 is 0.942 bits per heavy atom. The quantitative estimate of drug-likeness (QED) is 0.187. The first-order chi connectivity index (χ1) is 25.7. The molecule has 0 radical (unpaired) electrons. The van der Waals surface area contributed by atoms with Crippen LogP contribution in [0.4, 0.5) is 0 Å². The van der Waals surface area contributed by atoms with Crippen LogP contribution in [0.25, 0.3) is 111 Å². The molecular weight excluding hydrogens is 639 g/mol. The van der Waals surface area contributed by atoms with Crippen LogP contribution >= 0.6 is 0 Å². The fraction of sp³-hybridized carbons (Fsp3) is 0. The molecule has 0 aliphatic rings. The summed E-state index contributed by atoms with van der Waals surface area (Å²) in [6, 6.07) is 56.4. The van der Waals surface area contributed by atoms with Gasteiger partial charge >= 0.3 is 0 Å². The zero-order valence-corrected chi connectivity index (χ0v) is 27.7. The molecule has 0 bridgehead atoms. The Morgan fingerprint density at radius 3 is 1.83 bits per heavy atom. The molecule has 0 aliphatic carbocycles. The lowest BCUT2D eigenvalue weighted by molar-refractivity contribution is 0.669. The van der Waals surface area contributed by atoms with Gasteiger partial charge in [0.2, 0.25) is 0 Å². The van der Waals surface area contributed by atoms with E-state index >= 15 is 0 Å². The van der Waals surface area contributed by atoms with Gasteiger partial charge in [-0.3, -0.25) is 0 Å². The summed E-state index contributed by atoms with van der Waals surface area (Å²) in [6.07, 6.45) is 0. The predicted octanol–water partition coefficient (Wildman–Crippen LogP) is 12.6. The summed E-state index contributed by atoms with van der Waals surface area (Å²) in [4.78, 5) is 15.3. The molecule has 0 N–H and O–H groups in total. The highest BCUT2D eigenvalue weighted by Crippen LogP contribution is 2.41. The Hall–Kier alpha value is -7.11. The first kappa shape index (κ1) is 28.7. The number of para-hydroxylation sites is 1. The van der Waals surface area contributed by atoms with E-state index in [1.54, 1.807) is 0 Å². The smallest absolute Gasteiger partial charge is 0.164 e. The second-order valence-corrected chi connectivity index (χ2v) is 13.2. The van der Waals surface area contributed by atoms with Crippen molar-refractivity contribution in [1.82, 2.24) is 15.0 Å². The minimum absolute atomic E-state index is 0.575. The minimum atomic E-state index is 0.575. The lowest BCUT2D eigenvalue weighted by Gasteiger charge is -2.11. The minimum Gasteiger partial charge on any atom is -0.456 e. The lowest BCUT2D eigenvalue weighted by atomic mass is 9.97. The number of benzene rings is 8. The number of rotatable bonds is 4. The average molecular weight is 666 g/mol. The van der Waals surface area contributed by atoms with Crippen LogP contribution in [0.5, 0.6) is 0 Å². The monoisotopic (exact) mass is 665 g/mol. The Balaban J connectivity index is 1.14. The number of furan rings is 2. The Morgan fingerprint density at radius 1 is 0.308 bits per heavy atom. The molecule has 3 heterocycles. The molecule has 0 spiro atoms. The Labute approximate surface area is 297 Å². The normalized spacial score (nSPS) is 11.8. The van der Waals surface area contributed by atoms with Crippen LogP contribution in [-0.4, -0.2) is 15.0 Å². The van der Waals surface area contributed by atoms with Crippen molar-refractivity contribution in [2.45, 2.75) is 0 Å². The lowest BCUT2D eigenvalue weighted by Crippen LogP contribution is -2.00. The summed E-state index contributed by atoms with van der Waals surface area (Å²) in [7, 11) is 0. The molecular formula is C47H27N3O2. The molecule has 8 aromatic carbocycles. The highest BCUT2D eigenvalue weighted by atomic mass is 16.3. The number of nitrogens with zero attached hydrogens (tertiary/aromatic N) is 3. The Kier molecular flexibility index (Phi) is 6.18. The first-order valence-electron chi connectivity index (χ1n) is 17.3. The average Bonchev–Trinajstić information content (AvgIpc) is 3.78. The third kappa shape index (κ3) is 4.53. The standard InChI is InChI=1S/C47H27N3O2/c1-2-11-29(12-3-1)45-48-46(33-20-22-36-35-15-8-9-17-41(35)51-43(36)26-33)50-47(49-45)40-27-39-38-25-32(31-19-18-28-10-4-5-13-30(28)24-31)21-23-42(38)52-44(39)37-16-7-6-14-34(37)40/h1-27H. The third-order valence-electron chi connectivity index (χ3n) is 10.1. The summed E-state index contributed by atoms with van der Waals surface area (Å²) < 4.78 is 12.9. The van der Waals surface area contributed by atoms with E-state index in [0.29, 0.717) is 17.5 Å². The first-order valence-corrected chi connectivity index (χ1v) is 17.3. The van der Waals surface area contributed by atoms with Crippen molar-refractivity contribution in [3.05, 3.63) is 164 Å². The van der Waals surface area contributed by atoms with Crippen LogP contribution in [0.3, 0.4) is 0 Å². The van der Waals surface area contributed by atoms with Crippen molar-refractivity contribution in [3.8, 4) is 45.3 Å². The summed E-state index contributed by atoms with van der Waals surface area (Å²) in [5.74, 6) is 1.77. The second kappa shape index (κ2) is 11.2. The van der Waals surface area contributed by atoms with Gasteiger partial charge in [-0.25, -0.2) is 15.0 Å². The van der Waals surface area contributed by atoms with E-state index in [4.69, 9.17) is 23.8 Å². The molecule has 11 rings (SSSR count). The third-order valence-corrected chi connectivity index (χ3v) is 10.1. The van der Waals surface area contributed by atoms with Crippen molar-refractivity contribution in [2.75, 3.05) is 0 Å². The number of fused-ring (bicyclic) bond motifs is 9. The van der Waals surface area contributed by atoms with Gasteiger partial charge in [-0.1, -0.05) is 121 Å². The summed E-state index contributed by atoms with van der Waals surface area (Å²) >= 11 is 0. The SMILES string of the molecule is c1ccc(-c2nc(-c3ccc4c(c3)oc3ccccc34)nc(-c3cc4c5cc(-c6ccc7ccccc7c6)ccc5oc4c4ccccc34)n2)cc1. The van der Waals surface area contributed by atoms with Crippen LogP contribution in [0.1, 0.15) is 0 Å². The van der Waals surface area contributed by atoms with E-state index in [1.165, 1.54) is 10.8 Å². The molecule has 52 heavy (non-hydrogen) atoms. The molecule has 11 aromatic rings. The topological polar surface area (TPSA) is 65.0 Å². The molecule has 5 heteroatoms. The van der Waals surface area contributed by atoms with Crippen molar-refractivity contribution in [1.29, 1.82) is 0 Å². The molecule has 0 unspecified atom stereocenters. The van der Waals surface area contributed by atoms with Crippen molar-refractivity contribution >= 4 is 65.4 Å². The van der Waals surface area contributed by atoms with Gasteiger partial charge in [-0.05, 0) is 69.8 Å². The van der Waals surface area contributed by atoms with E-state index in [-0.39, 0.29) is 0 Å². The number of aromatic nitrogens is 3. The van der Waals surface area contributed by atoms with Gasteiger partial charge in [0.05, 0.1) is 0 Å². The van der Waals surface area contributed by atoms with Crippen LogP contribution in [-0.2, 0) is 0 Å². The highest BCUT2D eigenvalue weighted by Gasteiger charge is 2.20. The van der Waals surface area contributed by atoms with Gasteiger partial charge in [-0.2, -0.15) is 0 Å². The van der Waals surface area contributed by atoms with Crippen LogP contribution in [0.15, 0.2) is 173 Å². The van der Waals surface area contributed by atoms with Gasteiger partial charge in [-0.15, -0.1) is 0 Å². The molecule has 0 amide bonds. The number of hydrogen-bond donors (Lipinski definition) is 0. The van der Waals surface area contributed by atoms with E-state index < -0.39 is 0 Å². The molecule has 3 aromatic heterocycles. The van der Waals surface area contributed by atoms with Crippen molar-refractivity contribution < 1.29 is 8.83 Å². The predicted molar refractivity (Wildman–Crippen MR) is 211 cm³/mol. The molecule has 0 aliphatic heterocycles. The second-order valence-electron chi connectivity index (χ2n) is 13.2. The maximum Gasteiger partial charge on any atom is 0.164 e. The molecule has 0 saturated carbocycles. The zero-order valence-electron chi connectivity index (χ0n) is 27.7.